The summed E-state index contributed by atoms with van der Waals surface area (Å²) in [5.41, 5.74) is 0.800. The van der Waals surface area contributed by atoms with Gasteiger partial charge in [-0.05, 0) is 51.3 Å². The molecule has 0 aromatic heterocycles. The Hall–Kier alpha value is -3.27. The van der Waals surface area contributed by atoms with E-state index < -0.39 is 17.9 Å². The minimum Gasteiger partial charge on any atom is -0.506 e. The predicted octanol–water partition coefficient (Wildman–Crippen LogP) is 5.20. The van der Waals surface area contributed by atoms with Crippen LogP contribution in [-0.4, -0.2) is 41.0 Å². The Morgan fingerprint density at radius 3 is 2.55 bits per heavy atom. The molecule has 0 saturated carbocycles. The molecule has 1 amide bonds. The molecule has 1 atom stereocenters. The fourth-order valence-corrected chi connectivity index (χ4v) is 2.85. The van der Waals surface area contributed by atoms with Gasteiger partial charge in [0.2, 0.25) is 0 Å². The smallest absolute Gasteiger partial charge is 0.410 e. The lowest BCUT2D eigenvalue weighted by Crippen LogP contribution is -2.43. The third-order valence-corrected chi connectivity index (χ3v) is 4.35. The number of rotatable bonds is 3. The Labute approximate surface area is 182 Å². The first kappa shape index (κ1) is 24.0. The molecular weight excluding hydrogens is 399 g/mol. The lowest BCUT2D eigenvalue weighted by Gasteiger charge is -2.31. The van der Waals surface area contributed by atoms with Crippen molar-refractivity contribution in [2.45, 2.75) is 52.0 Å². The molecule has 6 nitrogen and oxygen atoms in total. The molecule has 0 spiro atoms. The van der Waals surface area contributed by atoms with Gasteiger partial charge >= 0.3 is 6.09 Å². The second-order valence-electron chi connectivity index (χ2n) is 8.23. The zero-order chi connectivity index (χ0) is 22.9. The normalized spacial score (nSPS) is 15.8. The first-order valence-corrected chi connectivity index (χ1v) is 10.2. The molecule has 1 fully saturated rings. The van der Waals surface area contributed by atoms with Crippen LogP contribution < -0.4 is 4.74 Å². The van der Waals surface area contributed by atoms with E-state index in [0.717, 1.165) is 12.0 Å². The van der Waals surface area contributed by atoms with E-state index in [-0.39, 0.29) is 17.9 Å². The summed E-state index contributed by atoms with van der Waals surface area (Å²) in [6.07, 6.45) is -0.0178. The van der Waals surface area contributed by atoms with Crippen molar-refractivity contribution >= 4 is 6.09 Å². The zero-order valence-corrected chi connectivity index (χ0v) is 18.2. The quantitative estimate of drug-likeness (QED) is 0.727. The first-order chi connectivity index (χ1) is 14.7. The van der Waals surface area contributed by atoms with Crippen molar-refractivity contribution in [3.8, 4) is 17.6 Å². The topological polar surface area (TPSA) is 82.8 Å². The minimum absolute atomic E-state index is 0.0574. The van der Waals surface area contributed by atoms with Gasteiger partial charge < -0.3 is 19.5 Å². The van der Waals surface area contributed by atoms with E-state index in [9.17, 15) is 14.3 Å². The molecule has 0 radical (unpaired) electrons. The number of hydrogen-bond acceptors (Lipinski definition) is 5. The number of carbonyl (C=O) groups excluding carboxylic acids is 1. The summed E-state index contributed by atoms with van der Waals surface area (Å²) in [5, 5.41) is 18.2. The number of hydrogen-bond donors (Lipinski definition) is 1. The van der Waals surface area contributed by atoms with Crippen molar-refractivity contribution < 1.29 is 23.8 Å². The van der Waals surface area contributed by atoms with Gasteiger partial charge in [-0.1, -0.05) is 30.3 Å². The van der Waals surface area contributed by atoms with Gasteiger partial charge in [-0.15, -0.1) is 0 Å². The van der Waals surface area contributed by atoms with Crippen molar-refractivity contribution in [2.24, 2.45) is 0 Å². The monoisotopic (exact) mass is 428 g/mol. The van der Waals surface area contributed by atoms with Gasteiger partial charge in [-0.3, -0.25) is 0 Å². The van der Waals surface area contributed by atoms with Gasteiger partial charge in [0.15, 0.2) is 0 Å². The molecule has 1 aliphatic rings. The lowest BCUT2D eigenvalue weighted by atomic mass is 10.1. The summed E-state index contributed by atoms with van der Waals surface area (Å²) in [6, 6.07) is 16.3. The summed E-state index contributed by atoms with van der Waals surface area (Å²) in [7, 11) is 0. The van der Waals surface area contributed by atoms with E-state index in [1.165, 1.54) is 17.0 Å². The molecular formula is C24H29FN2O4. The molecule has 1 heterocycles. The van der Waals surface area contributed by atoms with Crippen LogP contribution in [0.5, 0.6) is 11.5 Å². The summed E-state index contributed by atoms with van der Waals surface area (Å²) in [5.74, 6) is 0.489. The number of benzene rings is 2. The van der Waals surface area contributed by atoms with Crippen LogP contribution in [0.4, 0.5) is 9.18 Å². The average molecular weight is 429 g/mol. The fourth-order valence-electron chi connectivity index (χ4n) is 2.85. The van der Waals surface area contributed by atoms with E-state index in [0.29, 0.717) is 25.3 Å². The number of carbonyl (C=O) groups is 1. The Morgan fingerprint density at radius 1 is 1.26 bits per heavy atom. The molecule has 7 heteroatoms. The summed E-state index contributed by atoms with van der Waals surface area (Å²) in [6.45, 7) is 6.64. The Bertz CT molecular complexity index is 891. The molecule has 166 valence electrons. The molecule has 1 N–H and O–H groups in total. The zero-order valence-electron chi connectivity index (χ0n) is 18.2. The maximum Gasteiger partial charge on any atom is 0.410 e. The molecule has 2 aromatic rings. The molecule has 3 rings (SSSR count). The maximum absolute atomic E-state index is 13.0. The van der Waals surface area contributed by atoms with Crippen molar-refractivity contribution in [2.75, 3.05) is 13.1 Å². The number of piperidine rings is 1. The number of nitrogens with zero attached hydrogens (tertiary/aromatic N) is 2. The van der Waals surface area contributed by atoms with Gasteiger partial charge in [0.05, 0.1) is 12.1 Å². The lowest BCUT2D eigenvalue weighted by molar-refractivity contribution is 0.0139. The summed E-state index contributed by atoms with van der Waals surface area (Å²) < 4.78 is 23.6. The third-order valence-electron chi connectivity index (χ3n) is 4.35. The number of alkyl halides is 1. The number of amides is 1. The number of ether oxygens (including phenoxy) is 2. The van der Waals surface area contributed by atoms with Crippen molar-refractivity contribution in [1.82, 2.24) is 4.90 Å². The highest BCUT2D eigenvalue weighted by Gasteiger charge is 2.27. The number of likely N-dealkylation sites (tertiary alicyclic amines) is 1. The second kappa shape index (κ2) is 11.2. The van der Waals surface area contributed by atoms with Crippen LogP contribution in [0.3, 0.4) is 0 Å². The van der Waals surface area contributed by atoms with Crippen LogP contribution in [0.25, 0.3) is 0 Å². The van der Waals surface area contributed by atoms with Crippen molar-refractivity contribution in [1.29, 1.82) is 5.26 Å². The second-order valence-corrected chi connectivity index (χ2v) is 8.23. The van der Waals surface area contributed by atoms with Crippen LogP contribution in [0.1, 0.15) is 44.7 Å². The maximum atomic E-state index is 13.0. The third kappa shape index (κ3) is 8.55. The Balaban J connectivity index is 0.000000225. The van der Waals surface area contributed by atoms with Gasteiger partial charge in [0.25, 0.3) is 0 Å². The molecule has 0 bridgehead atoms. The standard InChI is InChI=1S/C14H11NO2.C10H18FNO2/c15-9-12-6-7-13(8-14(12)16)17-10-11-4-2-1-3-5-11;1-10(2,3)14-9(13)12-6-4-5-8(11)7-12/h1-8,16H,10H2;8H,4-7H2,1-3H3. The SMILES string of the molecule is CC(C)(C)OC(=O)N1CCCC(F)C1.N#Cc1ccc(OCc2ccccc2)cc1O. The van der Waals surface area contributed by atoms with Crippen molar-refractivity contribution in [3.63, 3.8) is 0 Å². The van der Waals surface area contributed by atoms with E-state index in [4.69, 9.17) is 14.7 Å². The molecule has 1 aliphatic heterocycles. The number of aromatic hydroxyl groups is 1. The van der Waals surface area contributed by atoms with E-state index >= 15 is 0 Å². The van der Waals surface area contributed by atoms with E-state index in [1.807, 2.05) is 57.2 Å². The molecule has 1 unspecified atom stereocenters. The summed E-state index contributed by atoms with van der Waals surface area (Å²) >= 11 is 0. The van der Waals surface area contributed by atoms with Gasteiger partial charge in [0.1, 0.15) is 35.9 Å². The predicted molar refractivity (Wildman–Crippen MR) is 116 cm³/mol. The van der Waals surface area contributed by atoms with Crippen LogP contribution in [0, 0.1) is 11.3 Å². The van der Waals surface area contributed by atoms with E-state index in [1.54, 1.807) is 6.07 Å². The number of phenolic OH excluding ortho intramolecular Hbond substituents is 1. The number of halogens is 1. The molecule has 2 aromatic carbocycles. The highest BCUT2D eigenvalue weighted by molar-refractivity contribution is 5.68. The van der Waals surface area contributed by atoms with Crippen LogP contribution in [-0.2, 0) is 11.3 Å². The van der Waals surface area contributed by atoms with Gasteiger partial charge in [0, 0.05) is 12.6 Å². The van der Waals surface area contributed by atoms with E-state index in [2.05, 4.69) is 0 Å². The average Bonchev–Trinajstić information content (AvgIpc) is 2.72. The number of phenols is 1. The highest BCUT2D eigenvalue weighted by atomic mass is 19.1. The molecule has 0 aliphatic carbocycles. The molecule has 31 heavy (non-hydrogen) atoms. The number of nitriles is 1. The van der Waals surface area contributed by atoms with Gasteiger partial charge in [-0.25, -0.2) is 9.18 Å². The minimum atomic E-state index is -0.892. The van der Waals surface area contributed by atoms with Crippen LogP contribution in [0.2, 0.25) is 0 Å². The Kier molecular flexibility index (Phi) is 8.68. The highest BCUT2D eigenvalue weighted by Crippen LogP contribution is 2.23. The van der Waals surface area contributed by atoms with Crippen LogP contribution in [0.15, 0.2) is 48.5 Å². The van der Waals surface area contributed by atoms with Crippen molar-refractivity contribution in [3.05, 3.63) is 59.7 Å². The molecule has 1 saturated heterocycles. The largest absolute Gasteiger partial charge is 0.506 e. The first-order valence-electron chi connectivity index (χ1n) is 10.2. The van der Waals surface area contributed by atoms with Gasteiger partial charge in [-0.2, -0.15) is 5.26 Å². The summed E-state index contributed by atoms with van der Waals surface area (Å²) in [4.78, 5) is 12.9. The Morgan fingerprint density at radius 2 is 1.97 bits per heavy atom. The fraction of sp³-hybridized carbons (Fsp3) is 0.417. The van der Waals surface area contributed by atoms with Crippen LogP contribution >= 0.6 is 0 Å².